The van der Waals surface area contributed by atoms with Crippen LogP contribution in [-0.2, 0) is 28.5 Å². The number of benzene rings is 2. The molecule has 0 spiro atoms. The summed E-state index contributed by atoms with van der Waals surface area (Å²) in [6.45, 7) is 7.65. The molecule has 5 atom stereocenters. The molecule has 0 radical (unpaired) electrons. The van der Waals surface area contributed by atoms with Crippen LogP contribution < -0.4 is 5.32 Å². The van der Waals surface area contributed by atoms with Gasteiger partial charge < -0.3 is 34.1 Å². The third-order valence-electron chi connectivity index (χ3n) is 10.0. The lowest BCUT2D eigenvalue weighted by Gasteiger charge is -2.46. The third-order valence-corrected chi connectivity index (χ3v) is 12.9. The summed E-state index contributed by atoms with van der Waals surface area (Å²) in [5, 5.41) is 14.7. The number of ether oxygens (including phenoxy) is 5. The molecule has 47 heavy (non-hydrogen) atoms. The zero-order valence-electron chi connectivity index (χ0n) is 27.1. The Morgan fingerprint density at radius 3 is 2.38 bits per heavy atom. The van der Waals surface area contributed by atoms with Gasteiger partial charge in [-0.05, 0) is 62.3 Å². The summed E-state index contributed by atoms with van der Waals surface area (Å²) in [6, 6.07) is 16.6. The van der Waals surface area contributed by atoms with E-state index in [2.05, 4.69) is 34.5 Å². The number of likely N-dealkylation sites (tertiary alicyclic amines) is 1. The molecule has 0 aromatic heterocycles. The van der Waals surface area contributed by atoms with Crippen molar-refractivity contribution in [2.45, 2.75) is 93.0 Å². The Labute approximate surface area is 283 Å². The van der Waals surface area contributed by atoms with E-state index in [1.165, 1.54) is 22.3 Å². The first-order valence-electron chi connectivity index (χ1n) is 16.6. The van der Waals surface area contributed by atoms with Crippen molar-refractivity contribution in [1.29, 1.82) is 0 Å². The quantitative estimate of drug-likeness (QED) is 0.287. The van der Waals surface area contributed by atoms with Crippen LogP contribution in [0.1, 0.15) is 63.5 Å². The topological polar surface area (TPSA) is 116 Å². The van der Waals surface area contributed by atoms with Gasteiger partial charge in [0.2, 0.25) is 5.79 Å². The zero-order chi connectivity index (χ0) is 32.8. The fraction of sp³-hybridized carbons (Fsp3) is 0.600. The maximum atomic E-state index is 13.1. The largest absolute Gasteiger partial charge is 0.457 e. The predicted molar refractivity (Wildman–Crippen MR) is 180 cm³/mol. The zero-order valence-corrected chi connectivity index (χ0v) is 28.8. The van der Waals surface area contributed by atoms with Crippen LogP contribution in [0.4, 0.5) is 4.79 Å². The predicted octanol–water partition coefficient (Wildman–Crippen LogP) is 5.07. The van der Waals surface area contributed by atoms with E-state index in [0.717, 1.165) is 12.2 Å². The Bertz CT molecular complexity index is 1430. The lowest BCUT2D eigenvalue weighted by molar-refractivity contribution is -0.299. The summed E-state index contributed by atoms with van der Waals surface area (Å²) in [5.41, 5.74) is 4.32. The van der Waals surface area contributed by atoms with Crippen molar-refractivity contribution in [2.24, 2.45) is 0 Å². The standard InChI is InChI=1S/C35H44N2O8S2/c1-33(2)44-31-30(39)28(43-29(38)18-22-12-17-46-47-22)20-42-35(31,45-33)21-37-15-13-34(3,14-16-37)36-32(40)41-19-27-25-10-6-4-8-23(25)24-9-5-7-11-26(24)27/h4-11,22,27-28,30-31,39H,12-21H2,1-3H3,(H,36,40)/t22?,28-,30-,31+,35+/m1/s1. The van der Waals surface area contributed by atoms with Crippen molar-refractivity contribution in [3.63, 3.8) is 0 Å². The number of carbonyl (C=O) groups is 2. The van der Waals surface area contributed by atoms with Crippen molar-refractivity contribution in [3.8, 4) is 11.1 Å². The number of piperidine rings is 1. The van der Waals surface area contributed by atoms with Crippen LogP contribution in [0, 0.1) is 0 Å². The van der Waals surface area contributed by atoms with E-state index in [9.17, 15) is 14.7 Å². The molecule has 4 aliphatic heterocycles. The number of nitrogens with one attached hydrogen (secondary N) is 1. The normalized spacial score (nSPS) is 31.1. The first-order chi connectivity index (χ1) is 22.5. The highest BCUT2D eigenvalue weighted by molar-refractivity contribution is 8.77. The highest BCUT2D eigenvalue weighted by Gasteiger charge is 2.62. The van der Waals surface area contributed by atoms with Crippen molar-refractivity contribution in [1.82, 2.24) is 10.2 Å². The van der Waals surface area contributed by atoms with E-state index in [1.807, 2.05) is 31.2 Å². The second kappa shape index (κ2) is 13.2. The molecule has 4 fully saturated rings. The molecule has 1 aliphatic carbocycles. The lowest BCUT2D eigenvalue weighted by atomic mass is 9.88. The SMILES string of the molecule is CC1(NC(=O)OCC2c3ccccc3-c3ccccc32)CCN(C[C@@]23OC[C@@H](OC(=O)CC4CCSS4)[C@@H](O)[C@@H]2OC(C)(C)O3)CC1. The number of hydrogen-bond donors (Lipinski definition) is 2. The molecule has 2 N–H and O–H groups in total. The average Bonchev–Trinajstić information content (AvgIpc) is 3.74. The molecule has 4 heterocycles. The average molecular weight is 685 g/mol. The van der Waals surface area contributed by atoms with E-state index in [0.29, 0.717) is 38.9 Å². The van der Waals surface area contributed by atoms with Crippen LogP contribution in [0.15, 0.2) is 48.5 Å². The number of alkyl carbamates (subject to hydrolysis) is 1. The summed E-state index contributed by atoms with van der Waals surface area (Å²) in [4.78, 5) is 27.9. The molecule has 5 aliphatic rings. The van der Waals surface area contributed by atoms with Gasteiger partial charge in [0.15, 0.2) is 11.9 Å². The van der Waals surface area contributed by atoms with Gasteiger partial charge in [0.25, 0.3) is 0 Å². The first kappa shape index (κ1) is 33.2. The number of amides is 1. The molecule has 0 bridgehead atoms. The van der Waals surface area contributed by atoms with Crippen LogP contribution in [0.3, 0.4) is 0 Å². The fourth-order valence-corrected chi connectivity index (χ4v) is 10.4. The molecular weight excluding hydrogens is 641 g/mol. The van der Waals surface area contributed by atoms with E-state index >= 15 is 0 Å². The van der Waals surface area contributed by atoms with Crippen LogP contribution in [-0.4, -0.2) is 101 Å². The molecule has 12 heteroatoms. The number of aliphatic hydroxyl groups excluding tert-OH is 1. The number of aliphatic hydroxyl groups is 1. The summed E-state index contributed by atoms with van der Waals surface area (Å²) in [6.07, 6.45) is -0.482. The first-order valence-corrected chi connectivity index (χ1v) is 18.9. The molecule has 2 aromatic carbocycles. The summed E-state index contributed by atoms with van der Waals surface area (Å²) >= 11 is 0. The lowest BCUT2D eigenvalue weighted by Crippen LogP contribution is -2.65. The maximum absolute atomic E-state index is 13.1. The van der Waals surface area contributed by atoms with Gasteiger partial charge in [0.1, 0.15) is 18.8 Å². The maximum Gasteiger partial charge on any atom is 0.407 e. The van der Waals surface area contributed by atoms with Crippen molar-refractivity contribution in [3.05, 3.63) is 59.7 Å². The Hall–Kier alpha value is -2.32. The van der Waals surface area contributed by atoms with Crippen molar-refractivity contribution in [2.75, 3.05) is 38.6 Å². The van der Waals surface area contributed by atoms with E-state index < -0.39 is 41.5 Å². The van der Waals surface area contributed by atoms with Gasteiger partial charge in [-0.1, -0.05) is 70.1 Å². The van der Waals surface area contributed by atoms with Crippen molar-refractivity contribution < 1.29 is 38.4 Å². The summed E-state index contributed by atoms with van der Waals surface area (Å²) in [5.74, 6) is -1.49. The van der Waals surface area contributed by atoms with Crippen molar-refractivity contribution >= 4 is 33.7 Å². The number of carbonyl (C=O) groups excluding carboxylic acids is 2. The summed E-state index contributed by atoms with van der Waals surface area (Å²) < 4.78 is 30.3. The fourth-order valence-electron chi connectivity index (χ4n) is 7.56. The van der Waals surface area contributed by atoms with Crippen LogP contribution >= 0.6 is 21.6 Å². The minimum Gasteiger partial charge on any atom is -0.457 e. The van der Waals surface area contributed by atoms with Gasteiger partial charge >= 0.3 is 12.1 Å². The minimum absolute atomic E-state index is 0.00671. The molecule has 0 saturated carbocycles. The molecule has 254 valence electrons. The van der Waals surface area contributed by atoms with Crippen LogP contribution in [0.25, 0.3) is 11.1 Å². The molecule has 7 rings (SSSR count). The smallest absolute Gasteiger partial charge is 0.407 e. The Morgan fingerprint density at radius 2 is 1.72 bits per heavy atom. The molecule has 4 saturated heterocycles. The molecule has 1 unspecified atom stereocenters. The number of nitrogens with zero attached hydrogens (tertiary/aromatic N) is 1. The highest BCUT2D eigenvalue weighted by Crippen LogP contribution is 2.46. The Kier molecular flexibility index (Phi) is 9.31. The number of fused-ring (bicyclic) bond motifs is 4. The minimum atomic E-state index is -1.21. The molecule has 1 amide bonds. The number of hydrogen-bond acceptors (Lipinski definition) is 11. The van der Waals surface area contributed by atoms with Gasteiger partial charge in [-0.25, -0.2) is 4.79 Å². The summed E-state index contributed by atoms with van der Waals surface area (Å²) in [7, 11) is 3.49. The van der Waals surface area contributed by atoms with E-state index in [1.54, 1.807) is 35.4 Å². The Morgan fingerprint density at radius 1 is 1.04 bits per heavy atom. The van der Waals surface area contributed by atoms with Gasteiger partial charge in [0.05, 0.1) is 19.6 Å². The van der Waals surface area contributed by atoms with Gasteiger partial charge in [-0.2, -0.15) is 0 Å². The van der Waals surface area contributed by atoms with Gasteiger partial charge in [0, 0.05) is 35.5 Å². The number of rotatable bonds is 8. The van der Waals surface area contributed by atoms with Gasteiger partial charge in [-0.15, -0.1) is 0 Å². The second-order valence-electron chi connectivity index (χ2n) is 14.0. The second-order valence-corrected chi connectivity index (χ2v) is 16.8. The van der Waals surface area contributed by atoms with E-state index in [-0.39, 0.29) is 30.4 Å². The highest BCUT2D eigenvalue weighted by atomic mass is 33.1. The van der Waals surface area contributed by atoms with E-state index in [4.69, 9.17) is 23.7 Å². The monoisotopic (exact) mass is 684 g/mol. The molecule has 10 nitrogen and oxygen atoms in total. The van der Waals surface area contributed by atoms with Crippen LogP contribution in [0.5, 0.6) is 0 Å². The Balaban J connectivity index is 0.925. The van der Waals surface area contributed by atoms with Gasteiger partial charge in [-0.3, -0.25) is 9.69 Å². The molecule has 2 aromatic rings. The number of esters is 1. The molecular formula is C35H44N2O8S2. The third kappa shape index (κ3) is 6.92. The van der Waals surface area contributed by atoms with Crippen LogP contribution in [0.2, 0.25) is 0 Å².